The standard InChI is InChI=1S/C22H20ClN3O3S/c1-29-19-10-4-15(5-11-19)21-14-22(16-2-6-17(23)7-3-16)26(25-21)18-8-12-20(13-9-18)30(24,27)28/h2-13,22H,14H2,1H3,(H2,24,27,28). The lowest BCUT2D eigenvalue weighted by Crippen LogP contribution is -2.19. The quantitative estimate of drug-likeness (QED) is 0.637. The van der Waals surface area contributed by atoms with E-state index >= 15 is 0 Å². The van der Waals surface area contributed by atoms with Crippen molar-refractivity contribution in [3.8, 4) is 5.75 Å². The van der Waals surface area contributed by atoms with Crippen molar-refractivity contribution in [3.05, 3.63) is 88.9 Å². The molecule has 0 bridgehead atoms. The van der Waals surface area contributed by atoms with Crippen molar-refractivity contribution in [2.75, 3.05) is 12.1 Å². The molecule has 30 heavy (non-hydrogen) atoms. The van der Waals surface area contributed by atoms with E-state index in [-0.39, 0.29) is 10.9 Å². The number of hydrogen-bond donors (Lipinski definition) is 1. The second kappa shape index (κ2) is 8.10. The molecule has 3 aromatic carbocycles. The summed E-state index contributed by atoms with van der Waals surface area (Å²) in [7, 11) is -2.12. The van der Waals surface area contributed by atoms with Crippen molar-refractivity contribution in [1.82, 2.24) is 0 Å². The first-order chi connectivity index (χ1) is 14.3. The van der Waals surface area contributed by atoms with E-state index in [9.17, 15) is 8.42 Å². The average Bonchev–Trinajstić information content (AvgIpc) is 3.19. The third-order valence-electron chi connectivity index (χ3n) is 5.02. The molecule has 8 heteroatoms. The molecule has 154 valence electrons. The number of rotatable bonds is 5. The van der Waals surface area contributed by atoms with E-state index in [1.165, 1.54) is 12.1 Å². The molecular formula is C22H20ClN3O3S. The summed E-state index contributed by atoms with van der Waals surface area (Å²) in [6, 6.07) is 21.8. The molecule has 1 aliphatic rings. The molecule has 6 nitrogen and oxygen atoms in total. The summed E-state index contributed by atoms with van der Waals surface area (Å²) in [5, 5.41) is 12.6. The van der Waals surface area contributed by atoms with Crippen LogP contribution in [0.25, 0.3) is 0 Å². The van der Waals surface area contributed by atoms with Gasteiger partial charge in [0.2, 0.25) is 10.0 Å². The third kappa shape index (κ3) is 4.18. The number of primary sulfonamides is 1. The molecule has 1 aliphatic heterocycles. The number of nitrogens with two attached hydrogens (primary N) is 1. The van der Waals surface area contributed by atoms with Gasteiger partial charge in [-0.25, -0.2) is 13.6 Å². The first-order valence-corrected chi connectivity index (χ1v) is 11.2. The van der Waals surface area contributed by atoms with Crippen LogP contribution in [0.15, 0.2) is 82.8 Å². The first kappa shape index (κ1) is 20.4. The molecule has 1 heterocycles. The number of methoxy groups -OCH3 is 1. The molecule has 3 aromatic rings. The fourth-order valence-corrected chi connectivity index (χ4v) is 4.08. The zero-order valence-corrected chi connectivity index (χ0v) is 17.8. The van der Waals surface area contributed by atoms with Gasteiger partial charge in [0.15, 0.2) is 0 Å². The molecule has 4 rings (SSSR count). The van der Waals surface area contributed by atoms with Crippen LogP contribution < -0.4 is 14.9 Å². The fraction of sp³-hybridized carbons (Fsp3) is 0.136. The van der Waals surface area contributed by atoms with Crippen LogP contribution in [0.2, 0.25) is 5.02 Å². The number of sulfonamides is 1. The highest BCUT2D eigenvalue weighted by atomic mass is 35.5. The highest BCUT2D eigenvalue weighted by molar-refractivity contribution is 7.89. The number of benzene rings is 3. The molecule has 0 fully saturated rings. The second-order valence-corrected chi connectivity index (χ2v) is 8.93. The Morgan fingerprint density at radius 1 is 1.00 bits per heavy atom. The summed E-state index contributed by atoms with van der Waals surface area (Å²) < 4.78 is 28.4. The molecule has 0 saturated heterocycles. The zero-order chi connectivity index (χ0) is 21.3. The number of anilines is 1. The molecule has 0 spiro atoms. The van der Waals surface area contributed by atoms with Gasteiger partial charge in [0.25, 0.3) is 0 Å². The minimum Gasteiger partial charge on any atom is -0.497 e. The van der Waals surface area contributed by atoms with E-state index in [1.54, 1.807) is 19.2 Å². The summed E-state index contributed by atoms with van der Waals surface area (Å²) in [4.78, 5) is 0.0628. The third-order valence-corrected chi connectivity index (χ3v) is 6.20. The van der Waals surface area contributed by atoms with Gasteiger partial charge in [0.1, 0.15) is 5.75 Å². The van der Waals surface area contributed by atoms with Gasteiger partial charge < -0.3 is 4.74 Å². The monoisotopic (exact) mass is 441 g/mol. The Morgan fingerprint density at radius 2 is 1.63 bits per heavy atom. The van der Waals surface area contributed by atoms with E-state index in [0.29, 0.717) is 11.4 Å². The van der Waals surface area contributed by atoms with Gasteiger partial charge in [-0.2, -0.15) is 5.10 Å². The maximum atomic E-state index is 11.6. The van der Waals surface area contributed by atoms with Crippen LogP contribution in [0.5, 0.6) is 5.75 Å². The van der Waals surface area contributed by atoms with Crippen molar-refractivity contribution >= 4 is 33.0 Å². The maximum absolute atomic E-state index is 11.6. The summed E-state index contributed by atoms with van der Waals surface area (Å²) in [5.41, 5.74) is 3.75. The van der Waals surface area contributed by atoms with Crippen molar-refractivity contribution < 1.29 is 13.2 Å². The second-order valence-electron chi connectivity index (χ2n) is 6.93. The predicted molar refractivity (Wildman–Crippen MR) is 119 cm³/mol. The Hall–Kier alpha value is -2.87. The molecule has 0 radical (unpaired) electrons. The van der Waals surface area contributed by atoms with E-state index in [1.807, 2.05) is 53.5 Å². The number of hydrazone groups is 1. The van der Waals surface area contributed by atoms with Gasteiger partial charge in [-0.05, 0) is 71.8 Å². The molecule has 1 atom stereocenters. The van der Waals surface area contributed by atoms with E-state index < -0.39 is 10.0 Å². The summed E-state index contributed by atoms with van der Waals surface area (Å²) in [5.74, 6) is 0.780. The molecule has 0 aromatic heterocycles. The van der Waals surface area contributed by atoms with Gasteiger partial charge in [0.05, 0.1) is 29.4 Å². The molecule has 2 N–H and O–H groups in total. The first-order valence-electron chi connectivity index (χ1n) is 9.24. The van der Waals surface area contributed by atoms with Gasteiger partial charge >= 0.3 is 0 Å². The van der Waals surface area contributed by atoms with Crippen LogP contribution >= 0.6 is 11.6 Å². The van der Waals surface area contributed by atoms with Gasteiger partial charge in [-0.15, -0.1) is 0 Å². The van der Waals surface area contributed by atoms with Gasteiger partial charge in [-0.1, -0.05) is 23.7 Å². The van der Waals surface area contributed by atoms with E-state index in [0.717, 1.165) is 28.3 Å². The zero-order valence-electron chi connectivity index (χ0n) is 16.2. The minimum atomic E-state index is -3.75. The minimum absolute atomic E-state index is 0.0558. The number of hydrogen-bond acceptors (Lipinski definition) is 5. The average molecular weight is 442 g/mol. The number of ether oxygens (including phenoxy) is 1. The highest BCUT2D eigenvalue weighted by Gasteiger charge is 2.30. The SMILES string of the molecule is COc1ccc(C2=NN(c3ccc(S(N)(=O)=O)cc3)C(c3ccc(Cl)cc3)C2)cc1. The van der Waals surface area contributed by atoms with Crippen molar-refractivity contribution in [3.63, 3.8) is 0 Å². The lowest BCUT2D eigenvalue weighted by Gasteiger charge is -2.24. The summed E-state index contributed by atoms with van der Waals surface area (Å²) in [6.45, 7) is 0. The summed E-state index contributed by atoms with van der Waals surface area (Å²) >= 11 is 6.06. The Morgan fingerprint density at radius 3 is 2.20 bits per heavy atom. The van der Waals surface area contributed by atoms with Gasteiger partial charge in [-0.3, -0.25) is 5.01 Å². The lowest BCUT2D eigenvalue weighted by atomic mass is 9.98. The smallest absolute Gasteiger partial charge is 0.238 e. The molecule has 0 saturated carbocycles. The van der Waals surface area contributed by atoms with E-state index in [2.05, 4.69) is 0 Å². The van der Waals surface area contributed by atoms with Crippen LogP contribution in [0.4, 0.5) is 5.69 Å². The van der Waals surface area contributed by atoms with Crippen LogP contribution in [-0.4, -0.2) is 21.2 Å². The molecule has 0 amide bonds. The highest BCUT2D eigenvalue weighted by Crippen LogP contribution is 2.37. The van der Waals surface area contributed by atoms with E-state index in [4.69, 9.17) is 26.6 Å². The Kier molecular flexibility index (Phi) is 5.51. The topological polar surface area (TPSA) is 85.0 Å². The van der Waals surface area contributed by atoms with Crippen LogP contribution in [0.3, 0.4) is 0 Å². The Bertz CT molecular complexity index is 1180. The van der Waals surface area contributed by atoms with Crippen molar-refractivity contribution in [1.29, 1.82) is 0 Å². The number of nitrogens with zero attached hydrogens (tertiary/aromatic N) is 2. The Balaban J connectivity index is 1.73. The molecular weight excluding hydrogens is 422 g/mol. The molecule has 0 aliphatic carbocycles. The maximum Gasteiger partial charge on any atom is 0.238 e. The van der Waals surface area contributed by atoms with Crippen molar-refractivity contribution in [2.24, 2.45) is 10.2 Å². The molecule has 1 unspecified atom stereocenters. The number of halogens is 1. The largest absolute Gasteiger partial charge is 0.497 e. The normalized spacial score (nSPS) is 16.4. The summed E-state index contributed by atoms with van der Waals surface area (Å²) in [6.07, 6.45) is 0.685. The fourth-order valence-electron chi connectivity index (χ4n) is 3.44. The van der Waals surface area contributed by atoms with Crippen LogP contribution in [0, 0.1) is 0 Å². The van der Waals surface area contributed by atoms with Crippen LogP contribution in [-0.2, 0) is 10.0 Å². The van der Waals surface area contributed by atoms with Crippen molar-refractivity contribution in [2.45, 2.75) is 17.4 Å². The Labute approximate surface area is 180 Å². The lowest BCUT2D eigenvalue weighted by molar-refractivity contribution is 0.415. The van der Waals surface area contributed by atoms with Crippen LogP contribution in [0.1, 0.15) is 23.6 Å². The van der Waals surface area contributed by atoms with Gasteiger partial charge in [0, 0.05) is 11.4 Å². The predicted octanol–water partition coefficient (Wildman–Crippen LogP) is 4.35.